The van der Waals surface area contributed by atoms with Crippen LogP contribution >= 0.6 is 11.3 Å². The molecule has 4 rings (SSSR count). The van der Waals surface area contributed by atoms with Crippen molar-refractivity contribution in [2.24, 2.45) is 0 Å². The van der Waals surface area contributed by atoms with Crippen LogP contribution in [0.2, 0.25) is 0 Å². The SMILES string of the molecule is Cc1c(CN2CCNC(=O)C2=O)sc2c1c(=O)n(C1(C)CC1)c(=O)n2CCC(F)(F)F. The summed E-state index contributed by atoms with van der Waals surface area (Å²) in [7, 11) is 0. The lowest BCUT2D eigenvalue weighted by molar-refractivity contribution is -0.148. The summed E-state index contributed by atoms with van der Waals surface area (Å²) in [6.07, 6.45) is -4.46. The maximum atomic E-state index is 13.2. The van der Waals surface area contributed by atoms with E-state index in [1.165, 1.54) is 4.90 Å². The number of carbonyl (C=O) groups is 2. The molecule has 1 aliphatic heterocycles. The molecule has 1 N–H and O–H groups in total. The van der Waals surface area contributed by atoms with Gasteiger partial charge in [0.25, 0.3) is 5.56 Å². The quantitative estimate of drug-likeness (QED) is 0.687. The Morgan fingerprint density at radius 1 is 1.16 bits per heavy atom. The lowest BCUT2D eigenvalue weighted by Gasteiger charge is -2.26. The molecule has 1 saturated heterocycles. The van der Waals surface area contributed by atoms with Gasteiger partial charge in [0, 0.05) is 24.5 Å². The van der Waals surface area contributed by atoms with E-state index in [1.807, 2.05) is 0 Å². The van der Waals surface area contributed by atoms with Crippen LogP contribution in [0.15, 0.2) is 9.59 Å². The summed E-state index contributed by atoms with van der Waals surface area (Å²) in [5, 5.41) is 2.64. The third-order valence-corrected chi connectivity index (χ3v) is 7.23. The zero-order valence-corrected chi connectivity index (χ0v) is 17.8. The van der Waals surface area contributed by atoms with Crippen molar-refractivity contribution >= 4 is 33.4 Å². The highest BCUT2D eigenvalue weighted by Gasteiger charge is 2.43. The second-order valence-corrected chi connectivity index (χ2v) is 9.33. The molecule has 1 saturated carbocycles. The van der Waals surface area contributed by atoms with Gasteiger partial charge in [0.05, 0.1) is 23.9 Å². The summed E-state index contributed by atoms with van der Waals surface area (Å²) in [4.78, 5) is 52.1. The molecule has 2 fully saturated rings. The molecule has 2 amide bonds. The summed E-state index contributed by atoms with van der Waals surface area (Å²) >= 11 is 1.02. The number of fused-ring (bicyclic) bond motifs is 1. The molecule has 0 aromatic carbocycles. The Hall–Kier alpha value is -2.63. The fourth-order valence-electron chi connectivity index (χ4n) is 3.81. The van der Waals surface area contributed by atoms with Crippen molar-refractivity contribution in [1.29, 1.82) is 0 Å². The highest BCUT2D eigenvalue weighted by atomic mass is 32.1. The van der Waals surface area contributed by atoms with Gasteiger partial charge in [-0.15, -0.1) is 11.3 Å². The molecule has 2 aliphatic rings. The summed E-state index contributed by atoms with van der Waals surface area (Å²) in [5.74, 6) is -1.43. The van der Waals surface area contributed by atoms with Crippen LogP contribution in [-0.4, -0.2) is 45.1 Å². The van der Waals surface area contributed by atoms with Gasteiger partial charge in [0.15, 0.2) is 0 Å². The first-order valence-electron chi connectivity index (χ1n) is 9.85. The van der Waals surface area contributed by atoms with E-state index in [-0.39, 0.29) is 29.9 Å². The number of thiophene rings is 1. The number of alkyl halides is 3. The number of hydrogen-bond acceptors (Lipinski definition) is 5. The monoisotopic (exact) mass is 458 g/mol. The average Bonchev–Trinajstić information content (AvgIpc) is 3.32. The van der Waals surface area contributed by atoms with Gasteiger partial charge in [-0.3, -0.25) is 23.5 Å². The maximum Gasteiger partial charge on any atom is 0.390 e. The van der Waals surface area contributed by atoms with Crippen LogP contribution in [0, 0.1) is 6.92 Å². The first-order chi connectivity index (χ1) is 14.4. The Bertz CT molecular complexity index is 1210. The topological polar surface area (TPSA) is 93.4 Å². The molecule has 0 unspecified atom stereocenters. The van der Waals surface area contributed by atoms with Crippen LogP contribution in [0.4, 0.5) is 13.2 Å². The highest BCUT2D eigenvalue weighted by Crippen LogP contribution is 2.41. The largest absolute Gasteiger partial charge is 0.390 e. The van der Waals surface area contributed by atoms with E-state index in [2.05, 4.69) is 5.32 Å². The fraction of sp³-hybridized carbons (Fsp3) is 0.579. The second-order valence-electron chi connectivity index (χ2n) is 8.25. The minimum atomic E-state index is -4.46. The van der Waals surface area contributed by atoms with Crippen LogP contribution < -0.4 is 16.6 Å². The molecule has 0 radical (unpaired) electrons. The maximum absolute atomic E-state index is 13.2. The van der Waals surface area contributed by atoms with E-state index in [0.29, 0.717) is 23.3 Å². The summed E-state index contributed by atoms with van der Waals surface area (Å²) in [6, 6.07) is 0. The van der Waals surface area contributed by atoms with Crippen LogP contribution in [0.3, 0.4) is 0 Å². The van der Waals surface area contributed by atoms with Gasteiger partial charge < -0.3 is 10.2 Å². The van der Waals surface area contributed by atoms with Crippen molar-refractivity contribution in [3.8, 4) is 0 Å². The Kier molecular flexibility index (Phi) is 5.02. The molecule has 3 heterocycles. The zero-order chi connectivity index (χ0) is 22.7. The molecular weight excluding hydrogens is 437 g/mol. The molecule has 0 atom stereocenters. The number of rotatable bonds is 5. The van der Waals surface area contributed by atoms with Gasteiger partial charge in [0.2, 0.25) is 0 Å². The molecule has 0 bridgehead atoms. The molecule has 12 heteroatoms. The van der Waals surface area contributed by atoms with Crippen LogP contribution in [-0.2, 0) is 28.2 Å². The molecular formula is C19H21F3N4O4S. The van der Waals surface area contributed by atoms with E-state index in [0.717, 1.165) is 20.5 Å². The van der Waals surface area contributed by atoms with E-state index >= 15 is 0 Å². The van der Waals surface area contributed by atoms with Crippen LogP contribution in [0.1, 0.15) is 36.6 Å². The number of hydrogen-bond donors (Lipinski definition) is 1. The fourth-order valence-corrected chi connectivity index (χ4v) is 5.14. The molecule has 2 aromatic rings. The smallest absolute Gasteiger partial charge is 0.346 e. The Morgan fingerprint density at radius 2 is 1.84 bits per heavy atom. The number of aryl methyl sites for hydroxylation is 2. The van der Waals surface area contributed by atoms with Gasteiger partial charge in [-0.25, -0.2) is 4.79 Å². The van der Waals surface area contributed by atoms with Crippen molar-refractivity contribution < 1.29 is 22.8 Å². The van der Waals surface area contributed by atoms with Gasteiger partial charge in [-0.1, -0.05) is 0 Å². The number of carbonyl (C=O) groups excluding carboxylic acids is 2. The molecule has 8 nitrogen and oxygen atoms in total. The average molecular weight is 458 g/mol. The molecule has 31 heavy (non-hydrogen) atoms. The van der Waals surface area contributed by atoms with Crippen molar-refractivity contribution in [1.82, 2.24) is 19.4 Å². The zero-order valence-electron chi connectivity index (χ0n) is 17.0. The van der Waals surface area contributed by atoms with Crippen LogP contribution in [0.5, 0.6) is 0 Å². The van der Waals surface area contributed by atoms with Crippen LogP contribution in [0.25, 0.3) is 10.2 Å². The highest BCUT2D eigenvalue weighted by molar-refractivity contribution is 7.18. The summed E-state index contributed by atoms with van der Waals surface area (Å²) < 4.78 is 40.8. The van der Waals surface area contributed by atoms with Crippen molar-refractivity contribution in [2.75, 3.05) is 13.1 Å². The Labute approximate surface area is 178 Å². The Balaban J connectivity index is 1.86. The lowest BCUT2D eigenvalue weighted by atomic mass is 10.2. The van der Waals surface area contributed by atoms with E-state index < -0.39 is 47.7 Å². The summed E-state index contributed by atoms with van der Waals surface area (Å²) in [6.45, 7) is 3.41. The number of piperazine rings is 1. The molecule has 1 aliphatic carbocycles. The first kappa shape index (κ1) is 21.6. The number of nitrogens with one attached hydrogen (secondary N) is 1. The van der Waals surface area contributed by atoms with Gasteiger partial charge in [-0.05, 0) is 32.3 Å². The minimum absolute atomic E-state index is 0.0433. The molecule has 168 valence electrons. The number of amides is 2. The predicted octanol–water partition coefficient (Wildman–Crippen LogP) is 1.45. The third kappa shape index (κ3) is 3.77. The first-order valence-corrected chi connectivity index (χ1v) is 10.7. The standard InChI is InChI=1S/C19H21F3N4O4S/c1-10-11(9-24-8-6-23-13(27)15(24)29)31-16-12(10)14(28)26(18(2)3-4-18)17(30)25(16)7-5-19(20,21)22/h3-9H2,1-2H3,(H,23,27). The third-order valence-electron chi connectivity index (χ3n) is 5.93. The van der Waals surface area contributed by atoms with E-state index in [9.17, 15) is 32.3 Å². The molecule has 0 spiro atoms. The summed E-state index contributed by atoms with van der Waals surface area (Å²) in [5.41, 5.74) is -1.45. The Morgan fingerprint density at radius 3 is 2.45 bits per heavy atom. The number of halogens is 3. The van der Waals surface area contributed by atoms with Gasteiger partial charge in [0.1, 0.15) is 4.83 Å². The lowest BCUT2D eigenvalue weighted by Crippen LogP contribution is -2.51. The van der Waals surface area contributed by atoms with Crippen molar-refractivity contribution in [3.05, 3.63) is 31.3 Å². The molecule has 2 aromatic heterocycles. The van der Waals surface area contributed by atoms with Gasteiger partial charge >= 0.3 is 23.7 Å². The number of aromatic nitrogens is 2. The minimum Gasteiger partial charge on any atom is -0.346 e. The van der Waals surface area contributed by atoms with Gasteiger partial charge in [-0.2, -0.15) is 13.2 Å². The van der Waals surface area contributed by atoms with E-state index in [1.54, 1.807) is 13.8 Å². The normalized spacial score (nSPS) is 18.5. The predicted molar refractivity (Wildman–Crippen MR) is 107 cm³/mol. The van der Waals surface area contributed by atoms with E-state index in [4.69, 9.17) is 0 Å². The second kappa shape index (κ2) is 7.21. The number of nitrogens with zero attached hydrogens (tertiary/aromatic N) is 3. The van der Waals surface area contributed by atoms with Crippen molar-refractivity contribution in [2.45, 2.75) is 57.9 Å². The van der Waals surface area contributed by atoms with Crippen molar-refractivity contribution in [3.63, 3.8) is 0 Å².